The van der Waals surface area contributed by atoms with Crippen LogP contribution in [0.4, 0.5) is 14.0 Å². The van der Waals surface area contributed by atoms with Crippen LogP contribution < -0.4 is 10.6 Å². The first-order valence-electron chi connectivity index (χ1n) is 9.64. The normalized spacial score (nSPS) is 18.3. The molecule has 1 fully saturated rings. The lowest BCUT2D eigenvalue weighted by atomic mass is 10.1. The zero-order valence-electron chi connectivity index (χ0n) is 16.5. The minimum atomic E-state index is -0.451. The SMILES string of the molecule is CNc1cc(F)ccc1C(=N)c1cnc2c(n1)c(C(=O)NC1CCC(O)C1)cn2SF. The summed E-state index contributed by atoms with van der Waals surface area (Å²) in [7, 11) is 1.61. The van der Waals surface area contributed by atoms with E-state index in [-0.39, 0.29) is 46.5 Å². The first-order valence-corrected chi connectivity index (χ1v) is 10.3. The third-order valence-corrected chi connectivity index (χ3v) is 5.73. The smallest absolute Gasteiger partial charge is 0.255 e. The van der Waals surface area contributed by atoms with Crippen molar-refractivity contribution in [3.8, 4) is 0 Å². The number of aliphatic hydroxyl groups is 1. The van der Waals surface area contributed by atoms with E-state index < -0.39 is 17.8 Å². The Morgan fingerprint density at radius 2 is 2.16 bits per heavy atom. The van der Waals surface area contributed by atoms with Gasteiger partial charge in [-0.1, -0.05) is 0 Å². The number of nitrogens with one attached hydrogen (secondary N) is 3. The molecule has 0 radical (unpaired) electrons. The van der Waals surface area contributed by atoms with Crippen LogP contribution in [0.5, 0.6) is 0 Å². The van der Waals surface area contributed by atoms with Crippen molar-refractivity contribution in [2.24, 2.45) is 0 Å². The van der Waals surface area contributed by atoms with E-state index in [4.69, 9.17) is 5.41 Å². The number of hydrogen-bond acceptors (Lipinski definition) is 7. The number of benzene rings is 1. The fraction of sp³-hybridized carbons (Fsp3) is 0.300. The third-order valence-electron chi connectivity index (χ3n) is 5.30. The summed E-state index contributed by atoms with van der Waals surface area (Å²) < 4.78 is 28.0. The highest BCUT2D eigenvalue weighted by Gasteiger charge is 2.27. The van der Waals surface area contributed by atoms with Crippen LogP contribution in [0.3, 0.4) is 0 Å². The minimum absolute atomic E-state index is 0.0234. The first-order chi connectivity index (χ1) is 14.9. The second-order valence-electron chi connectivity index (χ2n) is 7.32. The van der Waals surface area contributed by atoms with Gasteiger partial charge in [-0.15, -0.1) is 3.89 Å². The van der Waals surface area contributed by atoms with Gasteiger partial charge in [0.25, 0.3) is 5.91 Å². The van der Waals surface area contributed by atoms with Crippen LogP contribution in [0.1, 0.15) is 40.9 Å². The van der Waals surface area contributed by atoms with Gasteiger partial charge in [0.15, 0.2) is 18.0 Å². The summed E-state index contributed by atoms with van der Waals surface area (Å²) in [5.74, 6) is -0.900. The molecule has 0 bridgehead atoms. The molecule has 8 nitrogen and oxygen atoms in total. The Bertz CT molecular complexity index is 1170. The molecule has 0 aliphatic heterocycles. The number of aromatic nitrogens is 3. The van der Waals surface area contributed by atoms with Gasteiger partial charge in [-0.25, -0.2) is 18.3 Å². The predicted octanol–water partition coefficient (Wildman–Crippen LogP) is 3.05. The Hall–Kier alpha value is -3.05. The van der Waals surface area contributed by atoms with Crippen LogP contribution in [0.15, 0.2) is 30.6 Å². The van der Waals surface area contributed by atoms with Crippen LogP contribution in [-0.4, -0.2) is 49.9 Å². The summed E-state index contributed by atoms with van der Waals surface area (Å²) >= 11 is -0.113. The number of fused-ring (bicyclic) bond motifs is 1. The number of halogens is 2. The molecule has 31 heavy (non-hydrogen) atoms. The van der Waals surface area contributed by atoms with Crippen LogP contribution in [-0.2, 0) is 0 Å². The molecular formula is C20H20F2N6O2S. The van der Waals surface area contributed by atoms with E-state index in [9.17, 15) is 18.2 Å². The Balaban J connectivity index is 1.72. The molecule has 2 unspecified atom stereocenters. The fourth-order valence-corrected chi connectivity index (χ4v) is 4.08. The monoisotopic (exact) mass is 446 g/mol. The molecule has 4 N–H and O–H groups in total. The van der Waals surface area contributed by atoms with Gasteiger partial charge in [0.2, 0.25) is 0 Å². The predicted molar refractivity (Wildman–Crippen MR) is 115 cm³/mol. The average Bonchev–Trinajstić information content (AvgIpc) is 3.35. The molecule has 0 saturated heterocycles. The van der Waals surface area contributed by atoms with Gasteiger partial charge in [-0.05, 0) is 37.5 Å². The zero-order chi connectivity index (χ0) is 22.1. The summed E-state index contributed by atoms with van der Waals surface area (Å²) in [4.78, 5) is 21.4. The van der Waals surface area contributed by atoms with Crippen molar-refractivity contribution in [1.82, 2.24) is 19.3 Å². The Labute approximate surface area is 181 Å². The van der Waals surface area contributed by atoms with E-state index in [0.717, 1.165) is 3.97 Å². The van der Waals surface area contributed by atoms with Crippen molar-refractivity contribution in [2.75, 3.05) is 12.4 Å². The summed E-state index contributed by atoms with van der Waals surface area (Å²) in [6.45, 7) is 0. The van der Waals surface area contributed by atoms with E-state index in [1.807, 2.05) is 0 Å². The highest BCUT2D eigenvalue weighted by molar-refractivity contribution is 7.92. The minimum Gasteiger partial charge on any atom is -0.393 e. The lowest BCUT2D eigenvalue weighted by molar-refractivity contribution is 0.0935. The number of carbonyl (C=O) groups excluding carboxylic acids is 1. The van der Waals surface area contributed by atoms with E-state index in [1.54, 1.807) is 7.05 Å². The molecule has 11 heteroatoms. The van der Waals surface area contributed by atoms with Gasteiger partial charge in [0.1, 0.15) is 17.0 Å². The lowest BCUT2D eigenvalue weighted by Gasteiger charge is -2.12. The quantitative estimate of drug-likeness (QED) is 0.433. The molecule has 1 aromatic carbocycles. The molecular weight excluding hydrogens is 426 g/mol. The molecule has 2 atom stereocenters. The number of nitrogens with zero attached hydrogens (tertiary/aromatic N) is 3. The topological polar surface area (TPSA) is 116 Å². The van der Waals surface area contributed by atoms with Gasteiger partial charge in [0.05, 0.1) is 23.6 Å². The van der Waals surface area contributed by atoms with Crippen molar-refractivity contribution < 1.29 is 18.2 Å². The maximum absolute atomic E-state index is 13.5. The van der Waals surface area contributed by atoms with E-state index in [2.05, 4.69) is 20.6 Å². The number of carbonyl (C=O) groups is 1. The molecule has 1 amide bonds. The van der Waals surface area contributed by atoms with E-state index >= 15 is 0 Å². The molecule has 4 rings (SSSR count). The van der Waals surface area contributed by atoms with Crippen LogP contribution in [0.25, 0.3) is 11.2 Å². The van der Waals surface area contributed by atoms with Crippen molar-refractivity contribution in [3.63, 3.8) is 0 Å². The molecule has 3 aromatic rings. The second-order valence-corrected chi connectivity index (χ2v) is 7.85. The first kappa shape index (κ1) is 21.2. The van der Waals surface area contributed by atoms with Crippen molar-refractivity contribution in [3.05, 3.63) is 53.2 Å². The molecule has 0 spiro atoms. The second kappa shape index (κ2) is 8.60. The number of anilines is 1. The summed E-state index contributed by atoms with van der Waals surface area (Å²) in [6, 6.07) is 3.78. The van der Waals surface area contributed by atoms with Gasteiger partial charge in [-0.2, -0.15) is 0 Å². The maximum Gasteiger partial charge on any atom is 0.255 e. The molecule has 1 aliphatic carbocycles. The number of amides is 1. The average molecular weight is 446 g/mol. The van der Waals surface area contributed by atoms with Crippen molar-refractivity contribution >= 4 is 40.8 Å². The van der Waals surface area contributed by atoms with Crippen LogP contribution in [0, 0.1) is 11.2 Å². The standard InChI is InChI=1S/C20H20F2N6O2S/c1-24-15-6-10(21)2-5-13(15)17(23)16-8-25-19-18(27-16)14(9-28(19)31-22)20(30)26-11-3-4-12(29)7-11/h2,5-6,8-9,11-12,23-24,29H,3-4,7H2,1H3,(H,26,30). The third kappa shape index (κ3) is 4.10. The summed E-state index contributed by atoms with van der Waals surface area (Å²) in [5, 5.41) is 23.9. The highest BCUT2D eigenvalue weighted by atomic mass is 32.2. The molecule has 2 aromatic heterocycles. The molecule has 162 valence electrons. The van der Waals surface area contributed by atoms with Gasteiger partial charge in [0, 0.05) is 30.5 Å². The van der Waals surface area contributed by atoms with Crippen LogP contribution >= 0.6 is 12.3 Å². The van der Waals surface area contributed by atoms with Gasteiger partial charge in [-0.3, -0.25) is 10.2 Å². The number of rotatable bonds is 6. The summed E-state index contributed by atoms with van der Waals surface area (Å²) in [5.41, 5.74) is 1.36. The highest BCUT2D eigenvalue weighted by Crippen LogP contribution is 2.26. The lowest BCUT2D eigenvalue weighted by Crippen LogP contribution is -2.33. The summed E-state index contributed by atoms with van der Waals surface area (Å²) in [6.07, 6.45) is 3.90. The fourth-order valence-electron chi connectivity index (χ4n) is 3.73. The number of aliphatic hydroxyl groups excluding tert-OH is 1. The van der Waals surface area contributed by atoms with Gasteiger partial charge < -0.3 is 15.7 Å². The molecule has 2 heterocycles. The Kier molecular flexibility index (Phi) is 5.88. The van der Waals surface area contributed by atoms with E-state index in [0.29, 0.717) is 30.5 Å². The zero-order valence-corrected chi connectivity index (χ0v) is 17.3. The Morgan fingerprint density at radius 1 is 1.35 bits per heavy atom. The largest absolute Gasteiger partial charge is 0.393 e. The molecule has 1 aliphatic rings. The van der Waals surface area contributed by atoms with E-state index in [1.165, 1.54) is 30.6 Å². The maximum atomic E-state index is 13.5. The van der Waals surface area contributed by atoms with Crippen molar-refractivity contribution in [1.29, 1.82) is 5.41 Å². The van der Waals surface area contributed by atoms with Crippen molar-refractivity contribution in [2.45, 2.75) is 31.4 Å². The Morgan fingerprint density at radius 3 is 2.84 bits per heavy atom. The number of hydrogen-bond donors (Lipinski definition) is 4. The van der Waals surface area contributed by atoms with Gasteiger partial charge >= 0.3 is 0 Å². The van der Waals surface area contributed by atoms with Crippen LogP contribution in [0.2, 0.25) is 0 Å². The molecule has 1 saturated carbocycles.